The monoisotopic (exact) mass is 875 g/mol. The Morgan fingerprint density at radius 3 is 2.48 bits per heavy atom. The second kappa shape index (κ2) is 19.4. The number of oxazole rings is 1. The maximum Gasteiger partial charge on any atom is 0.419 e. The minimum atomic E-state index is -2.29. The molecule has 6 N–H and O–H groups in total. The maximum absolute atomic E-state index is 13.2. The normalized spacial score (nSPS) is 16.3. The van der Waals surface area contributed by atoms with Gasteiger partial charge in [-0.3, -0.25) is 14.7 Å². The summed E-state index contributed by atoms with van der Waals surface area (Å²) in [4.78, 5) is 41.3. The minimum Gasteiger partial charge on any atom is -0.506 e. The van der Waals surface area contributed by atoms with E-state index >= 15 is 0 Å². The van der Waals surface area contributed by atoms with Crippen molar-refractivity contribution < 1.29 is 28.2 Å². The molecular formula is C49H61N5O8Si. The number of rotatable bonds is 16. The molecule has 1 saturated carbocycles. The lowest BCUT2D eigenvalue weighted by molar-refractivity contribution is 0.0826. The third-order valence-electron chi connectivity index (χ3n) is 12.7. The molecule has 6 aromatic rings. The van der Waals surface area contributed by atoms with Crippen LogP contribution in [0, 0.1) is 0 Å². The predicted molar refractivity (Wildman–Crippen MR) is 251 cm³/mol. The third-order valence-corrected chi connectivity index (χ3v) is 17.2. The number of methoxy groups -OCH3 is 1. The highest BCUT2D eigenvalue weighted by molar-refractivity contribution is 6.74. The predicted octanol–water partition coefficient (Wildman–Crippen LogP) is 9.51. The van der Waals surface area contributed by atoms with E-state index in [9.17, 15) is 19.5 Å². The van der Waals surface area contributed by atoms with Gasteiger partial charge >= 0.3 is 11.8 Å². The van der Waals surface area contributed by atoms with Gasteiger partial charge in [0.1, 0.15) is 17.6 Å². The van der Waals surface area contributed by atoms with Crippen LogP contribution in [0.3, 0.4) is 0 Å². The Morgan fingerprint density at radius 1 is 0.984 bits per heavy atom. The fourth-order valence-electron chi connectivity index (χ4n) is 8.11. The molecule has 7 rings (SSSR count). The second-order valence-corrected chi connectivity index (χ2v) is 23.0. The van der Waals surface area contributed by atoms with Crippen LogP contribution in [0.25, 0.3) is 33.1 Å². The summed E-state index contributed by atoms with van der Waals surface area (Å²) in [7, 11) is -0.681. The number of phenolic OH excluding ortho intramolecular Hbond substituents is 1. The number of amides is 1. The smallest absolute Gasteiger partial charge is 0.419 e. The highest BCUT2D eigenvalue weighted by Gasteiger charge is 2.40. The van der Waals surface area contributed by atoms with Crippen molar-refractivity contribution in [1.82, 2.24) is 14.9 Å². The summed E-state index contributed by atoms with van der Waals surface area (Å²) in [5, 5.41) is 17.8. The Hall–Kier alpha value is -5.67. The van der Waals surface area contributed by atoms with E-state index in [0.717, 1.165) is 66.3 Å². The number of nitrogens with zero attached hydrogens (tertiary/aromatic N) is 1. The van der Waals surface area contributed by atoms with Crippen molar-refractivity contribution in [3.8, 4) is 22.6 Å². The number of aromatic nitrogens is 2. The molecule has 0 saturated heterocycles. The fourth-order valence-corrected chi connectivity index (χ4v) is 9.39. The van der Waals surface area contributed by atoms with Gasteiger partial charge in [0.25, 0.3) is 0 Å². The molecule has 1 fully saturated rings. The fraction of sp³-hybridized carbons (Fsp3) is 0.408. The number of ether oxygens (including phenoxy) is 2. The Morgan fingerprint density at radius 2 is 1.75 bits per heavy atom. The number of benzene rings is 4. The molecule has 4 aromatic carbocycles. The van der Waals surface area contributed by atoms with E-state index in [4.69, 9.17) is 24.1 Å². The Bertz CT molecular complexity index is 2660. The number of phenols is 1. The van der Waals surface area contributed by atoms with Crippen LogP contribution >= 0.6 is 0 Å². The molecule has 0 aliphatic heterocycles. The molecule has 2 heterocycles. The molecule has 0 bridgehead atoms. The van der Waals surface area contributed by atoms with Crippen molar-refractivity contribution in [2.45, 2.75) is 115 Å². The summed E-state index contributed by atoms with van der Waals surface area (Å²) in [6, 6.07) is 26.6. The summed E-state index contributed by atoms with van der Waals surface area (Å²) < 4.78 is 26.1. The van der Waals surface area contributed by atoms with Crippen LogP contribution in [0.2, 0.25) is 18.1 Å². The van der Waals surface area contributed by atoms with Crippen LogP contribution in [0.15, 0.2) is 98.9 Å². The maximum atomic E-state index is 13.2. The number of unbranched alkanes of at least 4 members (excludes halogenated alkanes) is 1. The summed E-state index contributed by atoms with van der Waals surface area (Å²) >= 11 is 0. The van der Waals surface area contributed by atoms with E-state index in [1.54, 1.807) is 23.8 Å². The van der Waals surface area contributed by atoms with Gasteiger partial charge in [-0.2, -0.15) is 0 Å². The molecule has 0 spiro atoms. The number of carbonyl (C=O) groups excluding carboxylic acids is 1. The first-order chi connectivity index (χ1) is 30.1. The zero-order valence-corrected chi connectivity index (χ0v) is 38.2. The van der Waals surface area contributed by atoms with Crippen LogP contribution in [-0.4, -0.2) is 54.9 Å². The number of anilines is 1. The lowest BCUT2D eigenvalue weighted by Crippen LogP contribution is -2.43. The summed E-state index contributed by atoms with van der Waals surface area (Å²) in [5.74, 6) is 0.173. The Labute approximate surface area is 369 Å². The first kappa shape index (κ1) is 45.4. The third kappa shape index (κ3) is 10.8. The number of nitrogens with one attached hydrogen (secondary N) is 3. The minimum absolute atomic E-state index is 0.00554. The van der Waals surface area contributed by atoms with E-state index in [1.165, 1.54) is 6.07 Å². The molecular weight excluding hydrogens is 815 g/mol. The molecule has 63 heavy (non-hydrogen) atoms. The van der Waals surface area contributed by atoms with Gasteiger partial charge in [0, 0.05) is 54.3 Å². The summed E-state index contributed by atoms with van der Waals surface area (Å²) in [5.41, 5.74) is 12.6. The topological polar surface area (TPSA) is 183 Å². The molecule has 334 valence electrons. The number of nitrogens with two attached hydrogens (primary N) is 1. The summed E-state index contributed by atoms with van der Waals surface area (Å²) in [6.07, 6.45) is 4.46. The number of carbonyl (C=O) groups is 1. The average Bonchev–Trinajstić information content (AvgIpc) is 3.55. The number of H-pyrrole nitrogens is 1. The Balaban J connectivity index is 1.02. The van der Waals surface area contributed by atoms with Crippen molar-refractivity contribution in [3.63, 3.8) is 0 Å². The quantitative estimate of drug-likeness (QED) is 0.0464. The van der Waals surface area contributed by atoms with E-state index in [0.29, 0.717) is 59.5 Å². The van der Waals surface area contributed by atoms with Gasteiger partial charge in [-0.25, -0.2) is 9.59 Å². The van der Waals surface area contributed by atoms with Crippen molar-refractivity contribution in [1.29, 1.82) is 0 Å². The van der Waals surface area contributed by atoms with Crippen molar-refractivity contribution in [3.05, 3.63) is 123 Å². The van der Waals surface area contributed by atoms with E-state index in [1.807, 2.05) is 60.7 Å². The lowest BCUT2D eigenvalue weighted by atomic mass is 9.94. The molecule has 14 heteroatoms. The molecule has 2 aromatic heterocycles. The molecule has 1 aliphatic rings. The van der Waals surface area contributed by atoms with Crippen LogP contribution in [0.5, 0.6) is 11.5 Å². The molecule has 0 radical (unpaired) electrons. The van der Waals surface area contributed by atoms with Gasteiger partial charge in [-0.05, 0) is 104 Å². The standard InChI is InChI=1S/C49H61N5O8Si/c1-49(2,3)63(5,6)62-44(37-21-23-41(55)46-38(37)22-24-45(56)53-46)30-51-29-33-27-43-40(28-42(33)59-4)54(48(58)61-43)25-11-10-12-31-15-20-36(32-13-8-7-9-14-32)39(26-31)52-47(57)60-35-18-16-34(50)17-19-35/h7-9,13-15,20-24,26-28,34-35,44,51,55H,10-12,16-19,25,29-30,50H2,1-6H3,(H,52,57)(H,53,56)/t34?,35?,44-/m0/s1. The number of fused-ring (bicyclic) bond motifs is 2. The van der Waals surface area contributed by atoms with E-state index in [-0.39, 0.29) is 28.5 Å². The molecule has 0 unspecified atom stereocenters. The van der Waals surface area contributed by atoms with Gasteiger partial charge in [0.05, 0.1) is 29.9 Å². The zero-order chi connectivity index (χ0) is 44.9. The second-order valence-electron chi connectivity index (χ2n) is 18.2. The molecule has 1 aliphatic carbocycles. The average molecular weight is 876 g/mol. The zero-order valence-electron chi connectivity index (χ0n) is 37.2. The van der Waals surface area contributed by atoms with Crippen LogP contribution < -0.4 is 32.4 Å². The van der Waals surface area contributed by atoms with Gasteiger partial charge in [0.15, 0.2) is 13.9 Å². The van der Waals surface area contributed by atoms with E-state index in [2.05, 4.69) is 55.5 Å². The van der Waals surface area contributed by atoms with Gasteiger partial charge < -0.3 is 39.5 Å². The van der Waals surface area contributed by atoms with Crippen LogP contribution in [0.4, 0.5) is 10.5 Å². The largest absolute Gasteiger partial charge is 0.506 e. The van der Waals surface area contributed by atoms with Crippen molar-refractivity contribution in [2.24, 2.45) is 5.73 Å². The SMILES string of the molecule is COc1cc2c(cc1CNC[C@H](O[Si](C)(C)C(C)(C)C)c1ccc(O)c3[nH]c(=O)ccc13)oc(=O)n2CCCCc1ccc(-c2ccccc2)c(NC(=O)OC2CCC(N)CC2)c1. The molecule has 1 atom stereocenters. The van der Waals surface area contributed by atoms with Gasteiger partial charge in [-0.1, -0.05) is 69.3 Å². The van der Waals surface area contributed by atoms with Gasteiger partial charge in [-0.15, -0.1) is 0 Å². The number of hydrogen-bond donors (Lipinski definition) is 5. The van der Waals surface area contributed by atoms with Crippen molar-refractivity contribution in [2.75, 3.05) is 19.0 Å². The number of aryl methyl sites for hydroxylation is 2. The van der Waals surface area contributed by atoms with Gasteiger partial charge in [0.2, 0.25) is 5.56 Å². The number of aromatic amines is 1. The number of hydrogen-bond acceptors (Lipinski definition) is 10. The number of pyridine rings is 1. The molecule has 1 amide bonds. The van der Waals surface area contributed by atoms with Crippen LogP contribution in [0.1, 0.15) is 82.1 Å². The number of aromatic hydroxyl groups is 1. The first-order valence-corrected chi connectivity index (χ1v) is 24.9. The Kier molecular flexibility index (Phi) is 14.0. The van der Waals surface area contributed by atoms with Crippen molar-refractivity contribution >= 4 is 42.1 Å². The lowest BCUT2D eigenvalue weighted by Gasteiger charge is -2.39. The highest BCUT2D eigenvalue weighted by Crippen LogP contribution is 2.41. The summed E-state index contributed by atoms with van der Waals surface area (Å²) in [6.45, 7) is 12.2. The highest BCUT2D eigenvalue weighted by atomic mass is 28.4. The molecule has 13 nitrogen and oxygen atoms in total. The van der Waals surface area contributed by atoms with Crippen LogP contribution in [-0.2, 0) is 28.7 Å². The van der Waals surface area contributed by atoms with E-state index < -0.39 is 26.3 Å². The first-order valence-electron chi connectivity index (χ1n) is 22.0.